The molecule has 4 aliphatic rings. The van der Waals surface area contributed by atoms with Gasteiger partial charge in [-0.2, -0.15) is 0 Å². The Morgan fingerprint density at radius 1 is 0.767 bits per heavy atom. The predicted molar refractivity (Wildman–Crippen MR) is 145 cm³/mol. The Balaban J connectivity index is 2.18. The topological polar surface area (TPSA) is 184 Å². The van der Waals surface area contributed by atoms with Crippen LogP contribution in [0.1, 0.15) is 75.2 Å². The highest BCUT2D eigenvalue weighted by atomic mass is 16.6. The number of fused-ring (bicyclic) bond motifs is 4. The van der Waals surface area contributed by atoms with E-state index in [-0.39, 0.29) is 25.0 Å². The van der Waals surface area contributed by atoms with Crippen LogP contribution in [0.25, 0.3) is 0 Å². The molecule has 4 rings (SSSR count). The zero-order chi connectivity index (χ0) is 32.4. The molecule has 1 saturated heterocycles. The first-order valence-corrected chi connectivity index (χ1v) is 14.4. The number of esters is 5. The summed E-state index contributed by atoms with van der Waals surface area (Å²) in [7, 11) is 0. The lowest BCUT2D eigenvalue weighted by molar-refractivity contribution is -0.284. The summed E-state index contributed by atoms with van der Waals surface area (Å²) in [5, 5.41) is 24.2. The highest BCUT2D eigenvalue weighted by Gasteiger charge is 2.80. The van der Waals surface area contributed by atoms with Crippen molar-refractivity contribution in [1.29, 1.82) is 0 Å². The van der Waals surface area contributed by atoms with E-state index in [0.29, 0.717) is 5.57 Å². The van der Waals surface area contributed by atoms with E-state index in [9.17, 15) is 34.2 Å². The van der Waals surface area contributed by atoms with Crippen molar-refractivity contribution in [3.8, 4) is 0 Å². The SMILES string of the molecule is CC(=O)O[C@@H]1C2=C(C)[C@@H](O)C[C@@](O)([C@H](OC(C)=O)[C@@H]3[C@]4(CO4)[C@@H](OC(C)=O)C[C@H](OC(C)=O)[C@@]3(C)[C@H]1OC(C)=O)C2(C)C. The molecule has 2 saturated carbocycles. The van der Waals surface area contributed by atoms with Crippen LogP contribution >= 0.6 is 0 Å². The second kappa shape index (κ2) is 10.8. The summed E-state index contributed by atoms with van der Waals surface area (Å²) in [4.78, 5) is 63.1. The van der Waals surface area contributed by atoms with Crippen LogP contribution in [-0.4, -0.2) is 94.5 Å². The zero-order valence-corrected chi connectivity index (χ0v) is 26.0. The summed E-state index contributed by atoms with van der Waals surface area (Å²) in [5.41, 5.74) is -5.78. The number of epoxide rings is 1. The maximum absolute atomic E-state index is 12.8. The molecule has 3 aliphatic carbocycles. The molecule has 3 fully saturated rings. The maximum Gasteiger partial charge on any atom is 0.303 e. The van der Waals surface area contributed by atoms with Gasteiger partial charge in [-0.1, -0.05) is 20.8 Å². The predicted octanol–water partition coefficient (Wildman–Crippen LogP) is 1.29. The standard InChI is InChI=1S/C30H42O13/c1-13-19(36)11-30(37)26(43-18(6)35)24-28(9,20(39-14(2)31)10-21(40-15(3)32)29(24)12-38-29)25(42-17(5)34)23(41-16(4)33)22(13)27(30,7)8/h19-21,23-26,36-37H,10-12H2,1-9H3/t19-,20-,21-,23+,24-,25-,26+,28+,29-,30+/m0/s1. The monoisotopic (exact) mass is 610 g/mol. The summed E-state index contributed by atoms with van der Waals surface area (Å²) in [6.45, 7) is 12.5. The average molecular weight is 611 g/mol. The number of carbonyl (C=O) groups excluding carboxylic acids is 5. The molecular formula is C30H42O13. The molecule has 0 aromatic rings. The van der Waals surface area contributed by atoms with Crippen LogP contribution in [0, 0.1) is 16.7 Å². The van der Waals surface area contributed by atoms with Crippen LogP contribution < -0.4 is 0 Å². The Labute approximate surface area is 250 Å². The van der Waals surface area contributed by atoms with Gasteiger partial charge in [0.05, 0.1) is 18.1 Å². The molecule has 1 spiro atoms. The fraction of sp³-hybridized carbons (Fsp3) is 0.767. The first-order chi connectivity index (χ1) is 19.7. The van der Waals surface area contributed by atoms with Gasteiger partial charge < -0.3 is 38.6 Å². The van der Waals surface area contributed by atoms with Gasteiger partial charge in [-0.3, -0.25) is 24.0 Å². The summed E-state index contributed by atoms with van der Waals surface area (Å²) < 4.78 is 35.6. The van der Waals surface area contributed by atoms with Crippen LogP contribution in [0.3, 0.4) is 0 Å². The normalized spacial score (nSPS) is 41.1. The number of hydrogen-bond acceptors (Lipinski definition) is 13. The van der Waals surface area contributed by atoms with Crippen LogP contribution in [0.5, 0.6) is 0 Å². The van der Waals surface area contributed by atoms with E-state index in [1.54, 1.807) is 27.7 Å². The van der Waals surface area contributed by atoms with Crippen molar-refractivity contribution in [3.63, 3.8) is 0 Å². The second-order valence-electron chi connectivity index (χ2n) is 13.0. The molecule has 0 unspecified atom stereocenters. The van der Waals surface area contributed by atoms with Crippen LogP contribution in [0.4, 0.5) is 0 Å². The largest absolute Gasteiger partial charge is 0.462 e. The van der Waals surface area contributed by atoms with E-state index in [1.807, 2.05) is 0 Å². The Morgan fingerprint density at radius 2 is 1.23 bits per heavy atom. The van der Waals surface area contributed by atoms with E-state index >= 15 is 0 Å². The van der Waals surface area contributed by atoms with Crippen molar-refractivity contribution in [3.05, 3.63) is 11.1 Å². The van der Waals surface area contributed by atoms with Crippen molar-refractivity contribution in [2.24, 2.45) is 16.7 Å². The third kappa shape index (κ3) is 5.12. The number of hydrogen-bond donors (Lipinski definition) is 2. The first-order valence-electron chi connectivity index (χ1n) is 14.4. The van der Waals surface area contributed by atoms with E-state index in [1.165, 1.54) is 27.7 Å². The van der Waals surface area contributed by atoms with Gasteiger partial charge in [0.2, 0.25) is 0 Å². The second-order valence-corrected chi connectivity index (χ2v) is 13.0. The highest BCUT2D eigenvalue weighted by molar-refractivity contribution is 5.70. The fourth-order valence-corrected chi connectivity index (χ4v) is 8.11. The van der Waals surface area contributed by atoms with Crippen molar-refractivity contribution in [1.82, 2.24) is 0 Å². The lowest BCUT2D eigenvalue weighted by atomic mass is 9.45. The summed E-state index contributed by atoms with van der Waals surface area (Å²) in [6, 6.07) is 0. The van der Waals surface area contributed by atoms with Crippen molar-refractivity contribution in [2.75, 3.05) is 6.61 Å². The third-order valence-electron chi connectivity index (χ3n) is 9.97. The van der Waals surface area contributed by atoms with Crippen LogP contribution in [0.2, 0.25) is 0 Å². The quantitative estimate of drug-likeness (QED) is 0.197. The van der Waals surface area contributed by atoms with Gasteiger partial charge in [-0.25, -0.2) is 0 Å². The minimum Gasteiger partial charge on any atom is -0.462 e. The van der Waals surface area contributed by atoms with Gasteiger partial charge >= 0.3 is 29.8 Å². The molecule has 13 heteroatoms. The van der Waals surface area contributed by atoms with Gasteiger partial charge in [-0.05, 0) is 18.1 Å². The molecular weight excluding hydrogens is 568 g/mol. The van der Waals surface area contributed by atoms with E-state index in [2.05, 4.69) is 0 Å². The fourth-order valence-electron chi connectivity index (χ4n) is 8.11. The Bertz CT molecular complexity index is 1250. The number of carbonyl (C=O) groups is 5. The Kier molecular flexibility index (Phi) is 8.29. The molecule has 43 heavy (non-hydrogen) atoms. The summed E-state index contributed by atoms with van der Waals surface area (Å²) >= 11 is 0. The maximum atomic E-state index is 12.8. The van der Waals surface area contributed by atoms with Crippen molar-refractivity contribution < 1.29 is 62.6 Å². The number of aliphatic hydroxyl groups is 2. The van der Waals surface area contributed by atoms with E-state index in [4.69, 9.17) is 28.4 Å². The zero-order valence-electron chi connectivity index (χ0n) is 26.0. The Hall–Kier alpha value is -3.03. The molecule has 0 aromatic carbocycles. The number of ether oxygens (including phenoxy) is 6. The molecule has 2 N–H and O–H groups in total. The average Bonchev–Trinajstić information content (AvgIpc) is 3.63. The van der Waals surface area contributed by atoms with Crippen molar-refractivity contribution >= 4 is 29.8 Å². The van der Waals surface area contributed by atoms with Gasteiger partial charge in [0.1, 0.15) is 29.5 Å². The molecule has 0 aromatic heterocycles. The van der Waals surface area contributed by atoms with Gasteiger partial charge in [-0.15, -0.1) is 0 Å². The molecule has 2 bridgehead atoms. The minimum absolute atomic E-state index is 0.0123. The molecule has 13 nitrogen and oxygen atoms in total. The van der Waals surface area contributed by atoms with Gasteiger partial charge in [0.15, 0.2) is 12.2 Å². The van der Waals surface area contributed by atoms with E-state index in [0.717, 1.165) is 6.92 Å². The lowest BCUT2D eigenvalue weighted by Crippen LogP contribution is -2.76. The molecule has 240 valence electrons. The lowest BCUT2D eigenvalue weighted by Gasteiger charge is -2.64. The molecule has 1 heterocycles. The van der Waals surface area contributed by atoms with Gasteiger partial charge in [0.25, 0.3) is 0 Å². The Morgan fingerprint density at radius 3 is 1.70 bits per heavy atom. The highest BCUT2D eigenvalue weighted by Crippen LogP contribution is 2.66. The van der Waals surface area contributed by atoms with Crippen LogP contribution in [-0.2, 0) is 52.4 Å². The summed E-state index contributed by atoms with van der Waals surface area (Å²) in [5.74, 6) is -4.82. The first kappa shape index (κ1) is 32.9. The third-order valence-corrected chi connectivity index (χ3v) is 9.97. The number of rotatable bonds is 5. The molecule has 1 aliphatic heterocycles. The smallest absolute Gasteiger partial charge is 0.303 e. The van der Waals surface area contributed by atoms with Crippen molar-refractivity contribution in [2.45, 2.75) is 123 Å². The summed E-state index contributed by atoms with van der Waals surface area (Å²) in [6.07, 6.45) is -8.19. The molecule has 0 radical (unpaired) electrons. The number of aliphatic hydroxyl groups excluding tert-OH is 1. The van der Waals surface area contributed by atoms with Gasteiger partial charge in [0, 0.05) is 58.8 Å². The van der Waals surface area contributed by atoms with Crippen LogP contribution in [0.15, 0.2) is 11.1 Å². The molecule has 10 atom stereocenters. The minimum atomic E-state index is -2.05. The molecule has 0 amide bonds. The van der Waals surface area contributed by atoms with E-state index < -0.39 is 94.4 Å².